The number of rotatable bonds is 15. The third-order valence-electron chi connectivity index (χ3n) is 7.26. The van der Waals surface area contributed by atoms with E-state index in [0.29, 0.717) is 11.5 Å². The molecule has 12 nitrogen and oxygen atoms in total. The molecule has 13 heteroatoms. The highest BCUT2D eigenvalue weighted by Crippen LogP contribution is 2.16. The largest absolute Gasteiger partial charge is 0.497 e. The van der Waals surface area contributed by atoms with Crippen LogP contribution < -0.4 is 30.3 Å². The fourth-order valence-electron chi connectivity index (χ4n) is 4.57. The number of aromatic nitrogens is 1. The minimum Gasteiger partial charge on any atom is -0.497 e. The van der Waals surface area contributed by atoms with Crippen LogP contribution in [0.3, 0.4) is 0 Å². The number of anilines is 1. The van der Waals surface area contributed by atoms with Gasteiger partial charge in [-0.15, -0.1) is 0 Å². The van der Waals surface area contributed by atoms with Crippen molar-refractivity contribution in [2.45, 2.75) is 44.7 Å². The molecular formula is C32H42BN5O7. The lowest BCUT2D eigenvalue weighted by Crippen LogP contribution is -2.59. The third kappa shape index (κ3) is 10.2. The Kier molecular flexibility index (Phi) is 12.8. The SMILES string of the molecule is COc1ccc(C[C@H](NC(=O)[C@@H](NC(=O)[C@H](Cc2ccc(OC)cc2)NC(=O)c2cc(N(C)C)ccn2)C(C)C)B(O)O)cc1. The number of carbonyl (C=O) groups excluding carboxylic acids is 3. The summed E-state index contributed by atoms with van der Waals surface area (Å²) in [7, 11) is 4.92. The molecule has 240 valence electrons. The number of hydrogen-bond donors (Lipinski definition) is 5. The minimum absolute atomic E-state index is 0.122. The maximum atomic E-state index is 13.7. The topological polar surface area (TPSA) is 162 Å². The van der Waals surface area contributed by atoms with Crippen molar-refractivity contribution in [2.75, 3.05) is 33.2 Å². The molecule has 0 radical (unpaired) electrons. The van der Waals surface area contributed by atoms with Gasteiger partial charge < -0.3 is 40.4 Å². The summed E-state index contributed by atoms with van der Waals surface area (Å²) >= 11 is 0. The molecule has 0 unspecified atom stereocenters. The van der Waals surface area contributed by atoms with Crippen molar-refractivity contribution in [3.8, 4) is 11.5 Å². The van der Waals surface area contributed by atoms with E-state index in [0.717, 1.165) is 16.8 Å². The zero-order valence-corrected chi connectivity index (χ0v) is 26.5. The predicted molar refractivity (Wildman–Crippen MR) is 172 cm³/mol. The van der Waals surface area contributed by atoms with E-state index in [1.54, 1.807) is 88.7 Å². The second kappa shape index (κ2) is 16.5. The van der Waals surface area contributed by atoms with Gasteiger partial charge in [-0.05, 0) is 59.9 Å². The molecule has 5 N–H and O–H groups in total. The van der Waals surface area contributed by atoms with E-state index in [1.807, 2.05) is 19.0 Å². The summed E-state index contributed by atoms with van der Waals surface area (Å²) in [6.07, 6.45) is 1.76. The van der Waals surface area contributed by atoms with Crippen LogP contribution in [0.5, 0.6) is 11.5 Å². The van der Waals surface area contributed by atoms with Gasteiger partial charge in [-0.3, -0.25) is 19.4 Å². The maximum absolute atomic E-state index is 13.7. The molecule has 3 atom stereocenters. The summed E-state index contributed by atoms with van der Waals surface area (Å²) in [5, 5.41) is 28.3. The van der Waals surface area contributed by atoms with Crippen molar-refractivity contribution in [2.24, 2.45) is 5.92 Å². The van der Waals surface area contributed by atoms with Crippen molar-refractivity contribution in [3.05, 3.63) is 83.7 Å². The van der Waals surface area contributed by atoms with E-state index < -0.39 is 42.9 Å². The van der Waals surface area contributed by atoms with Gasteiger partial charge in [0, 0.05) is 32.4 Å². The van der Waals surface area contributed by atoms with Gasteiger partial charge in [0.25, 0.3) is 5.91 Å². The molecule has 0 aliphatic rings. The number of nitrogens with one attached hydrogen (secondary N) is 3. The molecule has 0 fully saturated rings. The number of ether oxygens (including phenoxy) is 2. The highest BCUT2D eigenvalue weighted by atomic mass is 16.5. The first-order chi connectivity index (χ1) is 21.4. The second-order valence-corrected chi connectivity index (χ2v) is 11.2. The Balaban J connectivity index is 1.80. The Morgan fingerprint density at radius 3 is 1.87 bits per heavy atom. The highest BCUT2D eigenvalue weighted by molar-refractivity contribution is 6.43. The molecule has 0 bridgehead atoms. The predicted octanol–water partition coefficient (Wildman–Crippen LogP) is 1.39. The van der Waals surface area contributed by atoms with Gasteiger partial charge >= 0.3 is 7.12 Å². The molecule has 3 amide bonds. The van der Waals surface area contributed by atoms with E-state index in [1.165, 1.54) is 6.20 Å². The van der Waals surface area contributed by atoms with Gasteiger partial charge in [0.1, 0.15) is 29.3 Å². The Hall–Kier alpha value is -4.62. The molecule has 3 aromatic rings. The van der Waals surface area contributed by atoms with E-state index in [2.05, 4.69) is 20.9 Å². The van der Waals surface area contributed by atoms with Crippen LogP contribution in [0.2, 0.25) is 0 Å². The summed E-state index contributed by atoms with van der Waals surface area (Å²) in [4.78, 5) is 46.4. The maximum Gasteiger partial charge on any atom is 0.475 e. The lowest BCUT2D eigenvalue weighted by Gasteiger charge is -2.27. The molecule has 45 heavy (non-hydrogen) atoms. The molecule has 1 heterocycles. The van der Waals surface area contributed by atoms with Crippen molar-refractivity contribution in [1.29, 1.82) is 0 Å². The number of hydrogen-bond acceptors (Lipinski definition) is 9. The van der Waals surface area contributed by atoms with E-state index in [4.69, 9.17) is 9.47 Å². The monoisotopic (exact) mass is 619 g/mol. The average molecular weight is 620 g/mol. The minimum atomic E-state index is -1.85. The molecule has 0 saturated heterocycles. The number of nitrogens with zero attached hydrogens (tertiary/aromatic N) is 2. The van der Waals surface area contributed by atoms with Crippen LogP contribution in [-0.2, 0) is 22.4 Å². The lowest BCUT2D eigenvalue weighted by molar-refractivity contribution is -0.131. The Labute approximate surface area is 264 Å². The van der Waals surface area contributed by atoms with Crippen LogP contribution in [0.1, 0.15) is 35.5 Å². The van der Waals surface area contributed by atoms with Crippen LogP contribution in [0.15, 0.2) is 66.9 Å². The number of methoxy groups -OCH3 is 2. The van der Waals surface area contributed by atoms with Gasteiger partial charge in [0.2, 0.25) is 11.8 Å². The summed E-state index contributed by atoms with van der Waals surface area (Å²) in [5.74, 6) is -1.88. The van der Waals surface area contributed by atoms with Crippen LogP contribution in [0, 0.1) is 5.92 Å². The molecule has 1 aromatic heterocycles. The first kappa shape index (κ1) is 34.9. The normalized spacial score (nSPS) is 12.8. The van der Waals surface area contributed by atoms with Crippen LogP contribution in [0.25, 0.3) is 0 Å². The van der Waals surface area contributed by atoms with E-state index >= 15 is 0 Å². The summed E-state index contributed by atoms with van der Waals surface area (Å²) in [6.45, 7) is 3.51. The van der Waals surface area contributed by atoms with Gasteiger partial charge in [-0.1, -0.05) is 38.1 Å². The van der Waals surface area contributed by atoms with Crippen molar-refractivity contribution in [3.63, 3.8) is 0 Å². The molecule has 3 rings (SSSR count). The quantitative estimate of drug-likeness (QED) is 0.158. The van der Waals surface area contributed by atoms with Crippen molar-refractivity contribution < 1.29 is 33.9 Å². The van der Waals surface area contributed by atoms with Gasteiger partial charge in [-0.2, -0.15) is 0 Å². The molecule has 0 saturated carbocycles. The zero-order chi connectivity index (χ0) is 33.1. The molecule has 2 aromatic carbocycles. The van der Waals surface area contributed by atoms with Crippen LogP contribution in [0.4, 0.5) is 5.69 Å². The molecular weight excluding hydrogens is 577 g/mol. The molecule has 0 aliphatic carbocycles. The van der Waals surface area contributed by atoms with Gasteiger partial charge in [0.05, 0.1) is 20.2 Å². The Morgan fingerprint density at radius 2 is 1.38 bits per heavy atom. The standard InChI is InChI=1S/C32H42BN5O7/c1-20(2)29(32(41)36-28(33(42)43)18-22-9-13-25(45-6)14-10-22)37-31(40)27(17-21-7-11-24(44-5)12-8-21)35-30(39)26-19-23(38(3)4)15-16-34-26/h7-16,19-20,27-29,42-43H,17-18H2,1-6H3,(H,35,39)(H,36,41)(H,37,40)/t27-,28-,29-/m0/s1. The number of pyridine rings is 1. The van der Waals surface area contributed by atoms with Crippen LogP contribution >= 0.6 is 0 Å². The average Bonchev–Trinajstić information content (AvgIpc) is 3.03. The lowest BCUT2D eigenvalue weighted by atomic mass is 9.75. The number of carbonyl (C=O) groups is 3. The van der Waals surface area contributed by atoms with Gasteiger partial charge in [-0.25, -0.2) is 0 Å². The first-order valence-electron chi connectivity index (χ1n) is 14.6. The zero-order valence-electron chi connectivity index (χ0n) is 26.5. The third-order valence-corrected chi connectivity index (χ3v) is 7.26. The second-order valence-electron chi connectivity index (χ2n) is 11.2. The van der Waals surface area contributed by atoms with E-state index in [9.17, 15) is 24.4 Å². The van der Waals surface area contributed by atoms with Crippen molar-refractivity contribution in [1.82, 2.24) is 20.9 Å². The molecule has 0 spiro atoms. The Morgan fingerprint density at radius 1 is 0.822 bits per heavy atom. The van der Waals surface area contributed by atoms with Crippen molar-refractivity contribution >= 4 is 30.5 Å². The van der Waals surface area contributed by atoms with Crippen LogP contribution in [-0.4, -0.2) is 86.2 Å². The first-order valence-corrected chi connectivity index (χ1v) is 14.6. The smallest absolute Gasteiger partial charge is 0.475 e. The van der Waals surface area contributed by atoms with Gasteiger partial charge in [0.15, 0.2) is 0 Å². The Bertz CT molecular complexity index is 1420. The summed E-state index contributed by atoms with van der Waals surface area (Å²) < 4.78 is 10.4. The molecule has 0 aliphatic heterocycles. The number of benzene rings is 2. The van der Waals surface area contributed by atoms with E-state index in [-0.39, 0.29) is 24.5 Å². The summed E-state index contributed by atoms with van der Waals surface area (Å²) in [6, 6.07) is 15.3. The fraction of sp³-hybridized carbons (Fsp3) is 0.375. The number of amides is 3. The summed E-state index contributed by atoms with van der Waals surface area (Å²) in [5.41, 5.74) is 2.39. The highest BCUT2D eigenvalue weighted by Gasteiger charge is 2.33. The fourth-order valence-corrected chi connectivity index (χ4v) is 4.57.